The van der Waals surface area contributed by atoms with Crippen LogP contribution in [-0.4, -0.2) is 48.5 Å². The average Bonchev–Trinajstić information content (AvgIpc) is 2.46. The first-order valence-corrected chi connectivity index (χ1v) is 6.49. The number of carbonyl (C=O) groups is 1. The molecule has 0 bridgehead atoms. The van der Waals surface area contributed by atoms with Gasteiger partial charge in [0, 0.05) is 17.7 Å². The highest BCUT2D eigenvalue weighted by molar-refractivity contribution is 5.94. The zero-order chi connectivity index (χ0) is 13.8. The van der Waals surface area contributed by atoms with E-state index in [1.165, 1.54) is 17.0 Å². The van der Waals surface area contributed by atoms with Gasteiger partial charge in [-0.05, 0) is 13.0 Å². The Labute approximate surface area is 111 Å². The molecule has 0 unspecified atom stereocenters. The zero-order valence-electron chi connectivity index (χ0n) is 11.0. The molecule has 1 heterocycles. The van der Waals surface area contributed by atoms with Crippen molar-refractivity contribution in [3.63, 3.8) is 0 Å². The minimum Gasteiger partial charge on any atom is -0.332 e. The fourth-order valence-electron chi connectivity index (χ4n) is 2.31. The fraction of sp³-hybridized carbons (Fsp3) is 0.462. The number of carbonyl (C=O) groups excluding carboxylic acids is 1. The SMILES string of the molecule is CC[NH+]1CCN(C(=O)c2cccc([N+](=O)[O-])c2)CC1. The average molecular weight is 264 g/mol. The molecule has 0 aliphatic carbocycles. The maximum Gasteiger partial charge on any atom is 0.270 e. The molecule has 0 spiro atoms. The van der Waals surface area contributed by atoms with E-state index in [-0.39, 0.29) is 11.6 Å². The van der Waals surface area contributed by atoms with Crippen LogP contribution < -0.4 is 4.90 Å². The molecule has 1 aromatic carbocycles. The number of likely N-dealkylation sites (N-methyl/N-ethyl adjacent to an activating group) is 1. The first kappa shape index (κ1) is 13.5. The molecule has 1 aliphatic heterocycles. The van der Waals surface area contributed by atoms with Crippen molar-refractivity contribution in [1.82, 2.24) is 4.90 Å². The summed E-state index contributed by atoms with van der Waals surface area (Å²) in [7, 11) is 0. The zero-order valence-corrected chi connectivity index (χ0v) is 11.0. The highest BCUT2D eigenvalue weighted by Crippen LogP contribution is 2.14. The second kappa shape index (κ2) is 5.79. The van der Waals surface area contributed by atoms with Gasteiger partial charge in [0.2, 0.25) is 0 Å². The molecule has 1 aromatic rings. The van der Waals surface area contributed by atoms with E-state index in [1.54, 1.807) is 17.0 Å². The van der Waals surface area contributed by atoms with Crippen LogP contribution in [0, 0.1) is 10.1 Å². The van der Waals surface area contributed by atoms with Crippen LogP contribution in [0.25, 0.3) is 0 Å². The van der Waals surface area contributed by atoms with Gasteiger partial charge in [-0.15, -0.1) is 0 Å². The van der Waals surface area contributed by atoms with E-state index in [9.17, 15) is 14.9 Å². The maximum atomic E-state index is 12.3. The van der Waals surface area contributed by atoms with Crippen LogP contribution in [0.5, 0.6) is 0 Å². The standard InChI is InChI=1S/C13H17N3O3/c1-2-14-6-8-15(9-7-14)13(17)11-4-3-5-12(10-11)16(18)19/h3-5,10H,2,6-9H2,1H3/p+1. The number of nitrogens with zero attached hydrogens (tertiary/aromatic N) is 2. The van der Waals surface area contributed by atoms with Gasteiger partial charge in [0.05, 0.1) is 37.6 Å². The molecule has 1 aliphatic rings. The molecule has 2 rings (SSSR count). The topological polar surface area (TPSA) is 67.9 Å². The number of hydrogen-bond acceptors (Lipinski definition) is 3. The Bertz CT molecular complexity index is 482. The lowest BCUT2D eigenvalue weighted by molar-refractivity contribution is -0.902. The van der Waals surface area contributed by atoms with E-state index in [2.05, 4.69) is 6.92 Å². The number of nitro benzene ring substituents is 1. The lowest BCUT2D eigenvalue weighted by Gasteiger charge is -2.31. The van der Waals surface area contributed by atoms with Crippen molar-refractivity contribution in [3.8, 4) is 0 Å². The van der Waals surface area contributed by atoms with Crippen molar-refractivity contribution >= 4 is 11.6 Å². The van der Waals surface area contributed by atoms with Crippen LogP contribution >= 0.6 is 0 Å². The molecule has 1 N–H and O–H groups in total. The van der Waals surface area contributed by atoms with Crippen molar-refractivity contribution in [3.05, 3.63) is 39.9 Å². The summed E-state index contributed by atoms with van der Waals surface area (Å²) in [5.74, 6) is -0.112. The van der Waals surface area contributed by atoms with Crippen LogP contribution in [0.3, 0.4) is 0 Å². The smallest absolute Gasteiger partial charge is 0.270 e. The number of nitrogens with one attached hydrogen (secondary N) is 1. The third kappa shape index (κ3) is 3.08. The lowest BCUT2D eigenvalue weighted by atomic mass is 10.1. The Kier molecular flexibility index (Phi) is 4.11. The van der Waals surface area contributed by atoms with E-state index in [1.807, 2.05) is 0 Å². The molecule has 19 heavy (non-hydrogen) atoms. The van der Waals surface area contributed by atoms with E-state index < -0.39 is 4.92 Å². The molecular formula is C13H18N3O3+. The second-order valence-electron chi connectivity index (χ2n) is 4.70. The summed E-state index contributed by atoms with van der Waals surface area (Å²) < 4.78 is 0. The molecule has 6 heteroatoms. The molecule has 0 aromatic heterocycles. The Hall–Kier alpha value is -1.95. The Morgan fingerprint density at radius 1 is 1.42 bits per heavy atom. The van der Waals surface area contributed by atoms with Crippen LogP contribution in [0.1, 0.15) is 17.3 Å². The molecule has 0 radical (unpaired) electrons. The Morgan fingerprint density at radius 3 is 2.68 bits per heavy atom. The van der Waals surface area contributed by atoms with E-state index in [0.29, 0.717) is 18.7 Å². The summed E-state index contributed by atoms with van der Waals surface area (Å²) in [5.41, 5.74) is 0.359. The molecular weight excluding hydrogens is 246 g/mol. The van der Waals surface area contributed by atoms with Gasteiger partial charge in [-0.3, -0.25) is 14.9 Å². The molecule has 6 nitrogen and oxygen atoms in total. The number of amides is 1. The van der Waals surface area contributed by atoms with Gasteiger partial charge >= 0.3 is 0 Å². The van der Waals surface area contributed by atoms with E-state index in [4.69, 9.17) is 0 Å². The lowest BCUT2D eigenvalue weighted by Crippen LogP contribution is -3.14. The van der Waals surface area contributed by atoms with Crippen LogP contribution in [-0.2, 0) is 0 Å². The summed E-state index contributed by atoms with van der Waals surface area (Å²) in [6.07, 6.45) is 0. The minimum atomic E-state index is -0.476. The number of non-ortho nitro benzene ring substituents is 1. The van der Waals surface area contributed by atoms with Crippen molar-refractivity contribution in [2.75, 3.05) is 32.7 Å². The highest BCUT2D eigenvalue weighted by atomic mass is 16.6. The van der Waals surface area contributed by atoms with Crippen molar-refractivity contribution in [2.24, 2.45) is 0 Å². The first-order valence-electron chi connectivity index (χ1n) is 6.49. The van der Waals surface area contributed by atoms with Gasteiger partial charge in [0.25, 0.3) is 11.6 Å². The van der Waals surface area contributed by atoms with Crippen molar-refractivity contribution in [1.29, 1.82) is 0 Å². The number of benzene rings is 1. The third-order valence-electron chi connectivity index (χ3n) is 3.56. The number of rotatable bonds is 3. The number of hydrogen-bond donors (Lipinski definition) is 1. The third-order valence-corrected chi connectivity index (χ3v) is 3.56. The summed E-state index contributed by atoms with van der Waals surface area (Å²) in [4.78, 5) is 25.8. The van der Waals surface area contributed by atoms with E-state index in [0.717, 1.165) is 19.6 Å². The highest BCUT2D eigenvalue weighted by Gasteiger charge is 2.24. The van der Waals surface area contributed by atoms with Gasteiger partial charge in [-0.25, -0.2) is 0 Å². The van der Waals surface area contributed by atoms with Crippen LogP contribution in [0.15, 0.2) is 24.3 Å². The summed E-state index contributed by atoms with van der Waals surface area (Å²) >= 11 is 0. The summed E-state index contributed by atoms with van der Waals surface area (Å²) in [5, 5.41) is 10.7. The fourth-order valence-corrected chi connectivity index (χ4v) is 2.31. The number of nitro groups is 1. The monoisotopic (exact) mass is 264 g/mol. The Balaban J connectivity index is 2.08. The summed E-state index contributed by atoms with van der Waals surface area (Å²) in [6, 6.07) is 5.94. The normalized spacial score (nSPS) is 16.4. The Morgan fingerprint density at radius 2 is 2.11 bits per heavy atom. The van der Waals surface area contributed by atoms with Gasteiger partial charge in [-0.1, -0.05) is 6.07 Å². The molecule has 1 fully saturated rings. The van der Waals surface area contributed by atoms with E-state index >= 15 is 0 Å². The first-order chi connectivity index (χ1) is 9.11. The molecule has 1 saturated heterocycles. The van der Waals surface area contributed by atoms with Crippen LogP contribution in [0.2, 0.25) is 0 Å². The number of piperazine rings is 1. The predicted molar refractivity (Wildman–Crippen MR) is 70.2 cm³/mol. The van der Waals surface area contributed by atoms with Crippen molar-refractivity contribution < 1.29 is 14.6 Å². The largest absolute Gasteiger partial charge is 0.332 e. The van der Waals surface area contributed by atoms with Crippen molar-refractivity contribution in [2.45, 2.75) is 6.92 Å². The molecule has 102 valence electrons. The quantitative estimate of drug-likeness (QED) is 0.615. The van der Waals surface area contributed by atoms with Crippen LogP contribution in [0.4, 0.5) is 5.69 Å². The predicted octanol–water partition coefficient (Wildman–Crippen LogP) is -0.0446. The summed E-state index contributed by atoms with van der Waals surface area (Å²) in [6.45, 7) is 6.51. The van der Waals surface area contributed by atoms with Gasteiger partial charge in [-0.2, -0.15) is 0 Å². The maximum absolute atomic E-state index is 12.3. The van der Waals surface area contributed by atoms with Gasteiger partial charge in [0.1, 0.15) is 0 Å². The molecule has 0 atom stereocenters. The second-order valence-corrected chi connectivity index (χ2v) is 4.70. The van der Waals surface area contributed by atoms with Gasteiger partial charge in [0.15, 0.2) is 0 Å². The number of quaternary nitrogens is 1. The molecule has 1 amide bonds. The minimum absolute atomic E-state index is 0.0383. The van der Waals surface area contributed by atoms with Gasteiger partial charge < -0.3 is 9.80 Å². The molecule has 0 saturated carbocycles.